The molecule has 1 saturated carbocycles. The van der Waals surface area contributed by atoms with Gasteiger partial charge in [-0.15, -0.1) is 0 Å². The molecule has 0 unspecified atom stereocenters. The van der Waals surface area contributed by atoms with Gasteiger partial charge >= 0.3 is 5.97 Å². The highest BCUT2D eigenvalue weighted by atomic mass is 32.2. The third-order valence-electron chi connectivity index (χ3n) is 4.88. The van der Waals surface area contributed by atoms with E-state index >= 15 is 0 Å². The van der Waals surface area contributed by atoms with Crippen molar-refractivity contribution in [3.05, 3.63) is 29.8 Å². The third-order valence-corrected chi connectivity index (χ3v) is 5.82. The maximum atomic E-state index is 12.4. The van der Waals surface area contributed by atoms with Gasteiger partial charge in [-0.1, -0.05) is 13.8 Å². The molecule has 0 bridgehead atoms. The molecular weight excluding hydrogens is 300 g/mol. The zero-order valence-corrected chi connectivity index (χ0v) is 14.0. The summed E-state index contributed by atoms with van der Waals surface area (Å²) >= 11 is 0. The van der Waals surface area contributed by atoms with Crippen molar-refractivity contribution in [1.82, 2.24) is 0 Å². The van der Waals surface area contributed by atoms with E-state index < -0.39 is 10.8 Å². The molecule has 4 atom stereocenters. The molecule has 0 N–H and O–H groups in total. The van der Waals surface area contributed by atoms with E-state index in [4.69, 9.17) is 9.47 Å². The molecule has 2 aliphatic rings. The molecule has 0 spiro atoms. The van der Waals surface area contributed by atoms with Crippen molar-refractivity contribution in [1.29, 1.82) is 0 Å². The summed E-state index contributed by atoms with van der Waals surface area (Å²) in [4.78, 5) is 13.1. The standard InChI is InChI=1S/C17H22O4S/c1-17(2)14-13(5-4-10-20-14)15(17)21-16(18)11-6-8-12(9-7-11)22(3)19/h6-9,13-15H,4-5,10H2,1-3H3/t13-,14-,15-,22+/m1/s1. The molecule has 0 aromatic heterocycles. The lowest BCUT2D eigenvalue weighted by Crippen LogP contribution is -2.65. The summed E-state index contributed by atoms with van der Waals surface area (Å²) in [5.74, 6) is 0.00523. The van der Waals surface area contributed by atoms with Gasteiger partial charge in [-0.2, -0.15) is 0 Å². The summed E-state index contributed by atoms with van der Waals surface area (Å²) < 4.78 is 23.0. The first-order chi connectivity index (χ1) is 10.4. The fourth-order valence-corrected chi connectivity index (χ4v) is 4.20. The molecule has 1 aromatic carbocycles. The average molecular weight is 322 g/mol. The molecule has 0 radical (unpaired) electrons. The Bertz CT molecular complexity index is 593. The number of esters is 1. The number of fused-ring (bicyclic) bond motifs is 1. The van der Waals surface area contributed by atoms with Crippen molar-refractivity contribution in [2.75, 3.05) is 12.9 Å². The largest absolute Gasteiger partial charge is 0.458 e. The van der Waals surface area contributed by atoms with Gasteiger partial charge in [0.15, 0.2) is 0 Å². The summed E-state index contributed by atoms with van der Waals surface area (Å²) in [6, 6.07) is 6.79. The van der Waals surface area contributed by atoms with Crippen molar-refractivity contribution in [3.8, 4) is 0 Å². The van der Waals surface area contributed by atoms with E-state index in [9.17, 15) is 9.00 Å². The van der Waals surface area contributed by atoms with Crippen molar-refractivity contribution < 1.29 is 18.5 Å². The smallest absolute Gasteiger partial charge is 0.338 e. The van der Waals surface area contributed by atoms with Crippen LogP contribution in [-0.2, 0) is 20.3 Å². The molecule has 1 aromatic rings. The van der Waals surface area contributed by atoms with Gasteiger partial charge in [-0.05, 0) is 37.1 Å². The molecule has 1 heterocycles. The van der Waals surface area contributed by atoms with E-state index in [2.05, 4.69) is 13.8 Å². The molecule has 1 aliphatic carbocycles. The number of carbonyl (C=O) groups is 1. The summed E-state index contributed by atoms with van der Waals surface area (Å²) in [5.41, 5.74) is 0.371. The Labute approximate surface area is 133 Å². The Morgan fingerprint density at radius 3 is 2.64 bits per heavy atom. The highest BCUT2D eigenvalue weighted by Gasteiger charge is 2.60. The molecular formula is C17H22O4S. The van der Waals surface area contributed by atoms with Crippen LogP contribution < -0.4 is 0 Å². The molecule has 1 aliphatic heterocycles. The Morgan fingerprint density at radius 1 is 1.32 bits per heavy atom. The number of hydrogen-bond donors (Lipinski definition) is 0. The first-order valence-corrected chi connectivity index (χ1v) is 9.23. The fourth-order valence-electron chi connectivity index (χ4n) is 3.68. The van der Waals surface area contributed by atoms with Gasteiger partial charge in [-0.3, -0.25) is 4.21 Å². The molecule has 1 saturated heterocycles. The predicted octanol–water partition coefficient (Wildman–Crippen LogP) is 2.78. The molecule has 0 amide bonds. The second kappa shape index (κ2) is 5.78. The third kappa shape index (κ3) is 2.61. The molecule has 4 nitrogen and oxygen atoms in total. The van der Waals surface area contributed by atoms with Crippen LogP contribution in [0.5, 0.6) is 0 Å². The van der Waals surface area contributed by atoms with Crippen LogP contribution in [0.2, 0.25) is 0 Å². The summed E-state index contributed by atoms with van der Waals surface area (Å²) in [6.07, 6.45) is 3.81. The summed E-state index contributed by atoms with van der Waals surface area (Å²) in [5, 5.41) is 0. The topological polar surface area (TPSA) is 52.6 Å². The van der Waals surface area contributed by atoms with Crippen LogP contribution in [0.4, 0.5) is 0 Å². The Kier molecular flexibility index (Phi) is 4.12. The van der Waals surface area contributed by atoms with Crippen LogP contribution in [0.25, 0.3) is 0 Å². The molecule has 120 valence electrons. The second-order valence-electron chi connectivity index (χ2n) is 6.72. The van der Waals surface area contributed by atoms with Gasteiger partial charge in [0.05, 0.1) is 11.7 Å². The van der Waals surface area contributed by atoms with E-state index in [0.717, 1.165) is 19.4 Å². The molecule has 22 heavy (non-hydrogen) atoms. The van der Waals surface area contributed by atoms with Crippen LogP contribution in [0, 0.1) is 11.3 Å². The van der Waals surface area contributed by atoms with Crippen molar-refractivity contribution in [2.45, 2.75) is 43.8 Å². The maximum absolute atomic E-state index is 12.4. The van der Waals surface area contributed by atoms with Crippen LogP contribution in [0.15, 0.2) is 29.2 Å². The lowest BCUT2D eigenvalue weighted by molar-refractivity contribution is -0.243. The summed E-state index contributed by atoms with van der Waals surface area (Å²) in [6.45, 7) is 5.00. The minimum Gasteiger partial charge on any atom is -0.458 e. The van der Waals surface area contributed by atoms with Gasteiger partial charge in [-0.25, -0.2) is 4.79 Å². The van der Waals surface area contributed by atoms with Crippen LogP contribution in [0.1, 0.15) is 37.0 Å². The Hall–Kier alpha value is -1.20. The minimum absolute atomic E-state index is 0.0923. The van der Waals surface area contributed by atoms with E-state index in [1.807, 2.05) is 0 Å². The van der Waals surface area contributed by atoms with Gasteiger partial charge < -0.3 is 9.47 Å². The van der Waals surface area contributed by atoms with Gasteiger partial charge in [0.1, 0.15) is 6.10 Å². The van der Waals surface area contributed by atoms with E-state index in [0.29, 0.717) is 16.4 Å². The van der Waals surface area contributed by atoms with E-state index in [1.54, 1.807) is 30.5 Å². The first-order valence-electron chi connectivity index (χ1n) is 7.67. The average Bonchev–Trinajstić information content (AvgIpc) is 2.52. The molecule has 5 heteroatoms. The number of ether oxygens (including phenoxy) is 2. The first kappa shape index (κ1) is 15.7. The quantitative estimate of drug-likeness (QED) is 0.803. The van der Waals surface area contributed by atoms with Crippen molar-refractivity contribution in [3.63, 3.8) is 0 Å². The normalized spacial score (nSPS) is 30.8. The SMILES string of the molecule is C[S@](=O)c1ccc(C(=O)O[C@@H]2[C@@H]3CCCO[C@H]3C2(C)C)cc1. The number of hydrogen-bond acceptors (Lipinski definition) is 4. The highest BCUT2D eigenvalue weighted by molar-refractivity contribution is 7.84. The number of carbonyl (C=O) groups excluding carboxylic acids is 1. The number of benzene rings is 1. The Balaban J connectivity index is 1.70. The van der Waals surface area contributed by atoms with Crippen molar-refractivity contribution >= 4 is 16.8 Å². The predicted molar refractivity (Wildman–Crippen MR) is 84.2 cm³/mol. The van der Waals surface area contributed by atoms with Gasteiger partial charge in [0.2, 0.25) is 0 Å². The zero-order chi connectivity index (χ0) is 15.9. The minimum atomic E-state index is -1.04. The van der Waals surface area contributed by atoms with Crippen LogP contribution in [0.3, 0.4) is 0 Å². The maximum Gasteiger partial charge on any atom is 0.338 e. The van der Waals surface area contributed by atoms with E-state index in [-0.39, 0.29) is 23.6 Å². The summed E-state index contributed by atoms with van der Waals surface area (Å²) in [7, 11) is -1.04. The van der Waals surface area contributed by atoms with E-state index in [1.165, 1.54) is 0 Å². The highest BCUT2D eigenvalue weighted by Crippen LogP contribution is 2.53. The van der Waals surface area contributed by atoms with Gasteiger partial charge in [0, 0.05) is 39.9 Å². The monoisotopic (exact) mass is 322 g/mol. The molecule has 3 rings (SSSR count). The van der Waals surface area contributed by atoms with Crippen LogP contribution in [-0.4, -0.2) is 35.2 Å². The Morgan fingerprint density at radius 2 is 2.00 bits per heavy atom. The lowest BCUT2D eigenvalue weighted by atomic mass is 9.57. The second-order valence-corrected chi connectivity index (χ2v) is 8.10. The lowest BCUT2D eigenvalue weighted by Gasteiger charge is -2.58. The van der Waals surface area contributed by atoms with Gasteiger partial charge in [0.25, 0.3) is 0 Å². The fraction of sp³-hybridized carbons (Fsp3) is 0.588. The molecule has 2 fully saturated rings. The van der Waals surface area contributed by atoms with Crippen molar-refractivity contribution in [2.24, 2.45) is 11.3 Å². The zero-order valence-electron chi connectivity index (χ0n) is 13.2. The number of rotatable bonds is 3. The van der Waals surface area contributed by atoms with Crippen LogP contribution >= 0.6 is 0 Å².